The summed E-state index contributed by atoms with van der Waals surface area (Å²) in [4.78, 5) is 23.1. The summed E-state index contributed by atoms with van der Waals surface area (Å²) < 4.78 is 5.08. The van der Waals surface area contributed by atoms with E-state index in [1.165, 1.54) is 6.08 Å². The van der Waals surface area contributed by atoms with Crippen molar-refractivity contribution in [2.45, 2.75) is 12.5 Å². The van der Waals surface area contributed by atoms with Crippen LogP contribution in [0.1, 0.15) is 5.69 Å². The van der Waals surface area contributed by atoms with Crippen molar-refractivity contribution in [3.05, 3.63) is 42.6 Å². The number of rotatable bonds is 8. The van der Waals surface area contributed by atoms with Crippen LogP contribution in [0.5, 0.6) is 0 Å². The first-order valence-corrected chi connectivity index (χ1v) is 6.74. The molecule has 0 radical (unpaired) electrons. The van der Waals surface area contributed by atoms with Crippen LogP contribution in [0.15, 0.2) is 36.9 Å². The Labute approximate surface area is 127 Å². The zero-order valence-electron chi connectivity index (χ0n) is 11.9. The Morgan fingerprint density at radius 2 is 2.23 bits per heavy atom. The molecular formula is C15H17N3O4. The number of aromatic nitrogens is 2. The lowest BCUT2D eigenvalue weighted by Crippen LogP contribution is -2.44. The first-order valence-electron chi connectivity index (χ1n) is 6.74. The van der Waals surface area contributed by atoms with Gasteiger partial charge >= 0.3 is 5.97 Å². The fraction of sp³-hybridized carbons (Fsp3) is 0.267. The molecule has 0 aliphatic heterocycles. The van der Waals surface area contributed by atoms with Gasteiger partial charge < -0.3 is 15.2 Å². The Morgan fingerprint density at radius 3 is 2.95 bits per heavy atom. The molecule has 0 spiro atoms. The van der Waals surface area contributed by atoms with Gasteiger partial charge in [-0.2, -0.15) is 5.10 Å². The number of hydrogen-bond acceptors (Lipinski definition) is 4. The van der Waals surface area contributed by atoms with Crippen LogP contribution in [0.3, 0.4) is 0 Å². The van der Waals surface area contributed by atoms with Crippen molar-refractivity contribution in [1.82, 2.24) is 15.5 Å². The molecule has 1 aromatic heterocycles. The molecule has 2 rings (SSSR count). The van der Waals surface area contributed by atoms with Crippen molar-refractivity contribution in [1.29, 1.82) is 0 Å². The second-order valence-corrected chi connectivity index (χ2v) is 4.68. The van der Waals surface area contributed by atoms with E-state index in [0.29, 0.717) is 5.69 Å². The highest BCUT2D eigenvalue weighted by atomic mass is 16.5. The minimum absolute atomic E-state index is 0.0196. The normalized spacial score (nSPS) is 12.0. The van der Waals surface area contributed by atoms with Crippen LogP contribution >= 0.6 is 0 Å². The van der Waals surface area contributed by atoms with E-state index in [4.69, 9.17) is 9.84 Å². The molecule has 1 unspecified atom stereocenters. The molecule has 1 amide bonds. The summed E-state index contributed by atoms with van der Waals surface area (Å²) in [5, 5.41) is 19.2. The molecule has 0 saturated carbocycles. The van der Waals surface area contributed by atoms with E-state index in [1.807, 2.05) is 24.3 Å². The smallest absolute Gasteiger partial charge is 0.328 e. The van der Waals surface area contributed by atoms with Gasteiger partial charge in [-0.15, -0.1) is 6.58 Å². The minimum Gasteiger partial charge on any atom is -0.480 e. The number of carboxylic acids is 1. The van der Waals surface area contributed by atoms with Gasteiger partial charge in [-0.1, -0.05) is 24.3 Å². The molecule has 1 heterocycles. The van der Waals surface area contributed by atoms with E-state index in [2.05, 4.69) is 22.1 Å². The molecular weight excluding hydrogens is 286 g/mol. The number of hydrogen-bond donors (Lipinski definition) is 3. The number of aromatic amines is 1. The van der Waals surface area contributed by atoms with Crippen molar-refractivity contribution in [2.24, 2.45) is 0 Å². The van der Waals surface area contributed by atoms with Gasteiger partial charge in [0.15, 0.2) is 6.04 Å². The minimum atomic E-state index is -1.15. The van der Waals surface area contributed by atoms with Crippen LogP contribution in [0.25, 0.3) is 10.9 Å². The Hall–Kier alpha value is -2.67. The topological polar surface area (TPSA) is 104 Å². The lowest BCUT2D eigenvalue weighted by molar-refractivity contribution is -0.143. The Balaban J connectivity index is 1.98. The summed E-state index contributed by atoms with van der Waals surface area (Å²) in [5.41, 5.74) is 1.40. The van der Waals surface area contributed by atoms with Crippen LogP contribution < -0.4 is 5.32 Å². The van der Waals surface area contributed by atoms with E-state index in [0.717, 1.165) is 10.9 Å². The Bertz CT molecular complexity index is 680. The zero-order valence-corrected chi connectivity index (χ0v) is 11.9. The summed E-state index contributed by atoms with van der Waals surface area (Å²) in [6.07, 6.45) is 1.53. The highest BCUT2D eigenvalue weighted by molar-refractivity contribution is 5.89. The van der Waals surface area contributed by atoms with Gasteiger partial charge in [0.1, 0.15) is 0 Å². The van der Waals surface area contributed by atoms with Crippen molar-refractivity contribution >= 4 is 22.8 Å². The number of amides is 1. The predicted molar refractivity (Wildman–Crippen MR) is 80.4 cm³/mol. The van der Waals surface area contributed by atoms with E-state index >= 15 is 0 Å². The molecule has 7 heteroatoms. The number of aliphatic carboxylic acids is 1. The van der Waals surface area contributed by atoms with E-state index in [-0.39, 0.29) is 19.6 Å². The Kier molecular flexibility index (Phi) is 5.26. The molecule has 1 atom stereocenters. The molecule has 116 valence electrons. The molecule has 0 saturated heterocycles. The van der Waals surface area contributed by atoms with Crippen molar-refractivity contribution in [2.75, 3.05) is 13.2 Å². The monoisotopic (exact) mass is 303 g/mol. The third kappa shape index (κ3) is 3.92. The quantitative estimate of drug-likeness (QED) is 0.496. The first-order chi connectivity index (χ1) is 10.6. The highest BCUT2D eigenvalue weighted by Crippen LogP contribution is 2.15. The van der Waals surface area contributed by atoms with Gasteiger partial charge in [-0.3, -0.25) is 9.89 Å². The third-order valence-corrected chi connectivity index (χ3v) is 3.03. The molecule has 22 heavy (non-hydrogen) atoms. The van der Waals surface area contributed by atoms with E-state index < -0.39 is 17.9 Å². The molecule has 1 aromatic carbocycles. The number of carbonyl (C=O) groups is 2. The van der Waals surface area contributed by atoms with Crippen LogP contribution in [-0.4, -0.2) is 46.4 Å². The standard InChI is InChI=1S/C15H17N3O4/c1-2-7-22-9-13(15(20)21)16-14(19)8-12-10-5-3-4-6-11(10)17-18-12/h2-6,13H,1,7-9H2,(H,16,19)(H,17,18)(H,20,21). The summed E-state index contributed by atoms with van der Waals surface area (Å²) in [7, 11) is 0. The molecule has 3 N–H and O–H groups in total. The molecule has 0 fully saturated rings. The van der Waals surface area contributed by atoms with Crippen molar-refractivity contribution < 1.29 is 19.4 Å². The first kappa shape index (κ1) is 15.7. The summed E-state index contributed by atoms with van der Waals surface area (Å²) in [6, 6.07) is 6.29. The second kappa shape index (κ2) is 7.37. The Morgan fingerprint density at radius 1 is 1.45 bits per heavy atom. The fourth-order valence-electron chi connectivity index (χ4n) is 2.00. The van der Waals surface area contributed by atoms with Crippen LogP contribution in [-0.2, 0) is 20.7 Å². The molecule has 0 bridgehead atoms. The number of nitrogens with one attached hydrogen (secondary N) is 2. The van der Waals surface area contributed by atoms with Gasteiger partial charge in [0.2, 0.25) is 5.91 Å². The number of benzene rings is 1. The third-order valence-electron chi connectivity index (χ3n) is 3.03. The SMILES string of the molecule is C=CCOCC(NC(=O)Cc1[nH]nc2ccccc12)C(=O)O. The van der Waals surface area contributed by atoms with E-state index in [9.17, 15) is 9.59 Å². The van der Waals surface area contributed by atoms with Crippen molar-refractivity contribution in [3.8, 4) is 0 Å². The number of ether oxygens (including phenoxy) is 1. The van der Waals surface area contributed by atoms with Gasteiger partial charge in [0.25, 0.3) is 0 Å². The average Bonchev–Trinajstić information content (AvgIpc) is 2.89. The zero-order chi connectivity index (χ0) is 15.9. The maximum absolute atomic E-state index is 12.0. The maximum atomic E-state index is 12.0. The number of carbonyl (C=O) groups excluding carboxylic acids is 1. The molecule has 2 aromatic rings. The number of para-hydroxylation sites is 1. The van der Waals surface area contributed by atoms with Crippen LogP contribution in [0, 0.1) is 0 Å². The van der Waals surface area contributed by atoms with Crippen molar-refractivity contribution in [3.63, 3.8) is 0 Å². The molecule has 7 nitrogen and oxygen atoms in total. The number of fused-ring (bicyclic) bond motifs is 1. The average molecular weight is 303 g/mol. The van der Waals surface area contributed by atoms with Gasteiger partial charge in [0, 0.05) is 5.39 Å². The maximum Gasteiger partial charge on any atom is 0.328 e. The largest absolute Gasteiger partial charge is 0.480 e. The molecule has 0 aliphatic rings. The van der Waals surface area contributed by atoms with Crippen LogP contribution in [0.4, 0.5) is 0 Å². The number of nitrogens with zero attached hydrogens (tertiary/aromatic N) is 1. The number of H-pyrrole nitrogens is 1. The summed E-state index contributed by atoms with van der Waals surface area (Å²) in [5.74, 6) is -1.56. The lowest BCUT2D eigenvalue weighted by atomic mass is 10.1. The highest BCUT2D eigenvalue weighted by Gasteiger charge is 2.20. The van der Waals surface area contributed by atoms with Gasteiger partial charge in [-0.25, -0.2) is 4.79 Å². The summed E-state index contributed by atoms with van der Waals surface area (Å²) in [6.45, 7) is 3.58. The fourth-order valence-corrected chi connectivity index (χ4v) is 2.00. The summed E-state index contributed by atoms with van der Waals surface area (Å²) >= 11 is 0. The number of carboxylic acid groups (broad SMARTS) is 1. The van der Waals surface area contributed by atoms with E-state index in [1.54, 1.807) is 0 Å². The predicted octanol–water partition coefficient (Wildman–Crippen LogP) is 0.877. The van der Waals surface area contributed by atoms with Gasteiger partial charge in [0.05, 0.1) is 30.8 Å². The van der Waals surface area contributed by atoms with Gasteiger partial charge in [-0.05, 0) is 6.07 Å². The molecule has 0 aliphatic carbocycles. The van der Waals surface area contributed by atoms with Crippen LogP contribution in [0.2, 0.25) is 0 Å². The second-order valence-electron chi connectivity index (χ2n) is 4.68. The lowest BCUT2D eigenvalue weighted by Gasteiger charge is -2.14.